The fourth-order valence-corrected chi connectivity index (χ4v) is 2.90. The second kappa shape index (κ2) is 7.52. The van der Waals surface area contributed by atoms with Crippen molar-refractivity contribution in [2.24, 2.45) is 0 Å². The number of halogens is 2. The van der Waals surface area contributed by atoms with Crippen molar-refractivity contribution in [3.05, 3.63) is 33.3 Å². The molecule has 0 saturated heterocycles. The fourth-order valence-electron chi connectivity index (χ4n) is 1.39. The first-order chi connectivity index (χ1) is 7.99. The Balaban J connectivity index is 2.41. The van der Waals surface area contributed by atoms with Crippen LogP contribution in [0.15, 0.2) is 22.7 Å². The highest BCUT2D eigenvalue weighted by Crippen LogP contribution is 2.21. The van der Waals surface area contributed by atoms with Crippen molar-refractivity contribution in [3.63, 3.8) is 0 Å². The van der Waals surface area contributed by atoms with Crippen LogP contribution in [-0.4, -0.2) is 22.3 Å². The molecule has 0 aliphatic heterocycles. The van der Waals surface area contributed by atoms with Gasteiger partial charge in [-0.15, -0.1) is 0 Å². The lowest BCUT2D eigenvalue weighted by atomic mass is 10.2. The lowest BCUT2D eigenvalue weighted by Gasteiger charge is -2.14. The normalized spacial score (nSPS) is 14.6. The van der Waals surface area contributed by atoms with E-state index in [-0.39, 0.29) is 0 Å². The molecule has 5 heteroatoms. The average Bonchev–Trinajstić information content (AvgIpc) is 2.25. The monoisotopic (exact) mass is 337 g/mol. The van der Waals surface area contributed by atoms with Gasteiger partial charge >= 0.3 is 0 Å². The van der Waals surface area contributed by atoms with Crippen LogP contribution in [-0.2, 0) is 17.3 Å². The van der Waals surface area contributed by atoms with Crippen LogP contribution in [0.25, 0.3) is 0 Å². The Bertz CT molecular complexity index is 400. The van der Waals surface area contributed by atoms with Gasteiger partial charge < -0.3 is 5.32 Å². The van der Waals surface area contributed by atoms with E-state index in [1.165, 1.54) is 5.56 Å². The quantitative estimate of drug-likeness (QED) is 0.862. The Morgan fingerprint density at radius 3 is 2.82 bits per heavy atom. The van der Waals surface area contributed by atoms with Crippen molar-refractivity contribution in [2.45, 2.75) is 25.9 Å². The maximum atomic E-state index is 11.0. The molecule has 0 radical (unpaired) electrons. The minimum Gasteiger partial charge on any atom is -0.310 e. The Morgan fingerprint density at radius 2 is 2.24 bits per heavy atom. The Labute approximate surface area is 119 Å². The molecule has 0 fully saturated rings. The van der Waals surface area contributed by atoms with E-state index in [1.807, 2.05) is 18.2 Å². The molecule has 17 heavy (non-hydrogen) atoms. The first-order valence-electron chi connectivity index (χ1n) is 5.46. The number of hydrogen-bond acceptors (Lipinski definition) is 2. The molecule has 0 aliphatic carbocycles. The predicted molar refractivity (Wildman–Crippen MR) is 79.0 cm³/mol. The largest absolute Gasteiger partial charge is 0.310 e. The highest BCUT2D eigenvalue weighted by atomic mass is 79.9. The van der Waals surface area contributed by atoms with E-state index >= 15 is 0 Å². The van der Waals surface area contributed by atoms with Crippen LogP contribution in [0.5, 0.6) is 0 Å². The zero-order valence-corrected chi connectivity index (χ0v) is 13.2. The van der Waals surface area contributed by atoms with Gasteiger partial charge in [0.25, 0.3) is 0 Å². The second-order valence-electron chi connectivity index (χ2n) is 4.08. The molecule has 96 valence electrons. The number of nitrogens with one attached hydrogen (secondary N) is 1. The van der Waals surface area contributed by atoms with Crippen LogP contribution in [0.1, 0.15) is 18.9 Å². The zero-order valence-electron chi connectivity index (χ0n) is 10.0. The summed E-state index contributed by atoms with van der Waals surface area (Å²) in [6, 6.07) is 6.14. The first-order valence-corrected chi connectivity index (χ1v) is 8.36. The molecule has 1 aromatic rings. The molecule has 0 bridgehead atoms. The van der Waals surface area contributed by atoms with Crippen LogP contribution in [0.4, 0.5) is 0 Å². The lowest BCUT2D eigenvalue weighted by molar-refractivity contribution is 0.534. The SMILES string of the molecule is CC(CCS(C)=O)NCc1ccc(Cl)cc1Br. The minimum absolute atomic E-state index is 0.362. The molecule has 0 aromatic heterocycles. The summed E-state index contributed by atoms with van der Waals surface area (Å²) < 4.78 is 12.0. The smallest absolute Gasteiger partial charge is 0.0417 e. The molecule has 1 rings (SSSR count). The van der Waals surface area contributed by atoms with E-state index in [1.54, 1.807) is 6.26 Å². The summed E-state index contributed by atoms with van der Waals surface area (Å²) >= 11 is 9.37. The standard InChI is InChI=1S/C12H17BrClNOS/c1-9(5-6-17(2)16)15-8-10-3-4-11(14)7-12(10)13/h3-4,7,9,15H,5-6,8H2,1-2H3. The summed E-state index contributed by atoms with van der Waals surface area (Å²) in [6.45, 7) is 2.89. The van der Waals surface area contributed by atoms with Gasteiger partial charge in [-0.05, 0) is 31.0 Å². The van der Waals surface area contributed by atoms with Crippen molar-refractivity contribution in [1.29, 1.82) is 0 Å². The van der Waals surface area contributed by atoms with Crippen LogP contribution >= 0.6 is 27.5 Å². The second-order valence-corrected chi connectivity index (χ2v) is 6.93. The molecule has 2 unspecified atom stereocenters. The summed E-state index contributed by atoms with van der Waals surface area (Å²) in [6.07, 6.45) is 2.66. The van der Waals surface area contributed by atoms with Gasteiger partial charge in [0.05, 0.1) is 0 Å². The van der Waals surface area contributed by atoms with E-state index in [2.05, 4.69) is 28.2 Å². The van der Waals surface area contributed by atoms with E-state index in [0.29, 0.717) is 6.04 Å². The van der Waals surface area contributed by atoms with Crippen LogP contribution in [0, 0.1) is 0 Å². The maximum absolute atomic E-state index is 11.0. The third kappa shape index (κ3) is 6.00. The van der Waals surface area contributed by atoms with Crippen molar-refractivity contribution >= 4 is 38.3 Å². The molecule has 0 aliphatic rings. The molecular formula is C12H17BrClNOS. The van der Waals surface area contributed by atoms with Gasteiger partial charge in [-0.2, -0.15) is 0 Å². The number of rotatable bonds is 6. The van der Waals surface area contributed by atoms with E-state index in [4.69, 9.17) is 11.6 Å². The van der Waals surface area contributed by atoms with Crippen LogP contribution < -0.4 is 5.32 Å². The molecule has 1 N–H and O–H groups in total. The van der Waals surface area contributed by atoms with E-state index in [9.17, 15) is 4.21 Å². The average molecular weight is 339 g/mol. The first kappa shape index (κ1) is 15.2. The zero-order chi connectivity index (χ0) is 12.8. The summed E-state index contributed by atoms with van der Waals surface area (Å²) in [4.78, 5) is 0. The minimum atomic E-state index is -0.708. The highest BCUT2D eigenvalue weighted by molar-refractivity contribution is 9.10. The Morgan fingerprint density at radius 1 is 1.53 bits per heavy atom. The van der Waals surface area contributed by atoms with Crippen LogP contribution in [0.3, 0.4) is 0 Å². The molecule has 0 heterocycles. The summed E-state index contributed by atoms with van der Waals surface area (Å²) in [5.41, 5.74) is 1.18. The molecule has 0 amide bonds. The molecule has 0 saturated carbocycles. The van der Waals surface area contributed by atoms with Gasteiger partial charge in [-0.1, -0.05) is 33.6 Å². The molecule has 1 aromatic carbocycles. The number of benzene rings is 1. The predicted octanol–water partition coefficient (Wildman–Crippen LogP) is 3.35. The lowest BCUT2D eigenvalue weighted by Crippen LogP contribution is -2.27. The van der Waals surface area contributed by atoms with Gasteiger partial charge in [-0.3, -0.25) is 4.21 Å². The third-order valence-corrected chi connectivity index (χ3v) is 4.28. The summed E-state index contributed by atoms with van der Waals surface area (Å²) in [7, 11) is -0.708. The molecule has 2 atom stereocenters. The maximum Gasteiger partial charge on any atom is 0.0417 e. The van der Waals surface area contributed by atoms with Crippen molar-refractivity contribution < 1.29 is 4.21 Å². The highest BCUT2D eigenvalue weighted by Gasteiger charge is 2.05. The molecule has 2 nitrogen and oxygen atoms in total. The topological polar surface area (TPSA) is 29.1 Å². The van der Waals surface area contributed by atoms with Gasteiger partial charge in [-0.25, -0.2) is 0 Å². The van der Waals surface area contributed by atoms with Crippen LogP contribution in [0.2, 0.25) is 5.02 Å². The van der Waals surface area contributed by atoms with Gasteiger partial charge in [0.2, 0.25) is 0 Å². The fraction of sp³-hybridized carbons (Fsp3) is 0.500. The van der Waals surface area contributed by atoms with Gasteiger partial charge in [0, 0.05) is 44.9 Å². The Kier molecular flexibility index (Phi) is 6.70. The van der Waals surface area contributed by atoms with Crippen molar-refractivity contribution in [3.8, 4) is 0 Å². The Hall–Kier alpha value is 0.1000. The molecule has 0 spiro atoms. The molecular weight excluding hydrogens is 322 g/mol. The van der Waals surface area contributed by atoms with Crippen molar-refractivity contribution in [2.75, 3.05) is 12.0 Å². The third-order valence-electron chi connectivity index (χ3n) is 2.49. The van der Waals surface area contributed by atoms with Gasteiger partial charge in [0.1, 0.15) is 0 Å². The number of hydrogen-bond donors (Lipinski definition) is 1. The van der Waals surface area contributed by atoms with E-state index in [0.717, 1.165) is 28.2 Å². The summed E-state index contributed by atoms with van der Waals surface area (Å²) in [5.74, 6) is 0.746. The van der Waals surface area contributed by atoms with E-state index < -0.39 is 10.8 Å². The van der Waals surface area contributed by atoms with Gasteiger partial charge in [0.15, 0.2) is 0 Å². The van der Waals surface area contributed by atoms with Crippen molar-refractivity contribution in [1.82, 2.24) is 5.32 Å². The summed E-state index contributed by atoms with van der Waals surface area (Å²) in [5, 5.41) is 4.14.